The van der Waals surface area contributed by atoms with Crippen LogP contribution in [-0.4, -0.2) is 29.5 Å². The summed E-state index contributed by atoms with van der Waals surface area (Å²) < 4.78 is 11.3. The molecule has 5 heteroatoms. The van der Waals surface area contributed by atoms with Gasteiger partial charge in [-0.25, -0.2) is 0 Å². The largest absolute Gasteiger partial charge is 0.445 e. The first-order chi connectivity index (χ1) is 5.24. The van der Waals surface area contributed by atoms with Crippen molar-refractivity contribution < 1.29 is 8.23 Å². The normalized spacial score (nSPS) is 12.5. The molecule has 0 unspecified atom stereocenters. The standard InChI is InChI=1S/C6H20O2Si3/c1-3-5-11(7-9,8-10)6-4-2/h3-6H2,1-2,9-10H3. The first-order valence-electron chi connectivity index (χ1n) is 4.35. The second-order valence-corrected chi connectivity index (χ2v) is 8.91. The Bertz CT molecular complexity index is 87.8. The van der Waals surface area contributed by atoms with Gasteiger partial charge in [-0.2, -0.15) is 0 Å². The summed E-state index contributed by atoms with van der Waals surface area (Å²) in [5.74, 6) is 0. The minimum absolute atomic E-state index is 0.843. The van der Waals surface area contributed by atoms with E-state index >= 15 is 0 Å². The summed E-state index contributed by atoms with van der Waals surface area (Å²) in [7, 11) is 0.0663. The summed E-state index contributed by atoms with van der Waals surface area (Å²) in [4.78, 5) is 0. The van der Waals surface area contributed by atoms with Gasteiger partial charge in [0.15, 0.2) is 0 Å². The van der Waals surface area contributed by atoms with E-state index in [0.29, 0.717) is 0 Å². The van der Waals surface area contributed by atoms with E-state index in [1.807, 2.05) is 0 Å². The van der Waals surface area contributed by atoms with Crippen LogP contribution < -0.4 is 0 Å². The fraction of sp³-hybridized carbons (Fsp3) is 1.00. The average molecular weight is 208 g/mol. The number of rotatable bonds is 6. The van der Waals surface area contributed by atoms with Crippen LogP contribution in [-0.2, 0) is 8.23 Å². The van der Waals surface area contributed by atoms with E-state index in [-0.39, 0.29) is 0 Å². The zero-order chi connectivity index (χ0) is 8.74. The lowest BCUT2D eigenvalue weighted by Gasteiger charge is -2.27. The van der Waals surface area contributed by atoms with Gasteiger partial charge in [-0.05, 0) is 12.1 Å². The molecule has 0 saturated carbocycles. The molecule has 0 heterocycles. The van der Waals surface area contributed by atoms with Gasteiger partial charge in [0, 0.05) is 0 Å². The molecule has 0 spiro atoms. The van der Waals surface area contributed by atoms with Crippen molar-refractivity contribution in [3.63, 3.8) is 0 Å². The maximum atomic E-state index is 5.66. The average Bonchev–Trinajstić information content (AvgIpc) is 2.04. The zero-order valence-corrected chi connectivity index (χ0v) is 13.1. The Kier molecular flexibility index (Phi) is 6.45. The summed E-state index contributed by atoms with van der Waals surface area (Å²) in [6.45, 7) is 4.41. The highest BCUT2D eigenvalue weighted by Crippen LogP contribution is 2.20. The van der Waals surface area contributed by atoms with Crippen molar-refractivity contribution in [2.75, 3.05) is 0 Å². The van der Waals surface area contributed by atoms with Crippen LogP contribution in [0.4, 0.5) is 0 Å². The smallest absolute Gasteiger partial charge is 0.316 e. The van der Waals surface area contributed by atoms with E-state index in [0.717, 1.165) is 21.0 Å². The van der Waals surface area contributed by atoms with Gasteiger partial charge >= 0.3 is 8.56 Å². The lowest BCUT2D eigenvalue weighted by molar-refractivity contribution is 0.415. The molecular formula is C6H20O2Si3. The minimum atomic E-state index is -1.62. The third-order valence-electron chi connectivity index (χ3n) is 2.01. The van der Waals surface area contributed by atoms with Crippen molar-refractivity contribution in [3.8, 4) is 0 Å². The molecule has 0 saturated heterocycles. The molecule has 0 aromatic carbocycles. The summed E-state index contributed by atoms with van der Waals surface area (Å²) in [6, 6.07) is 2.38. The SMILES string of the molecule is CCC[Si](CCC)(O[SiH3])O[SiH3]. The molecule has 0 aromatic heterocycles. The molecule has 0 aliphatic rings. The topological polar surface area (TPSA) is 18.5 Å². The van der Waals surface area contributed by atoms with E-state index in [4.69, 9.17) is 8.23 Å². The lowest BCUT2D eigenvalue weighted by Crippen LogP contribution is -2.40. The molecule has 0 aromatic rings. The molecule has 68 valence electrons. The van der Waals surface area contributed by atoms with Gasteiger partial charge in [-0.3, -0.25) is 0 Å². The molecule has 0 fully saturated rings. The van der Waals surface area contributed by atoms with Gasteiger partial charge < -0.3 is 8.23 Å². The first-order valence-corrected chi connectivity index (χ1v) is 8.21. The third kappa shape index (κ3) is 3.66. The van der Waals surface area contributed by atoms with E-state index in [1.165, 1.54) is 24.9 Å². The third-order valence-corrected chi connectivity index (χ3v) is 10.5. The molecule has 0 rings (SSSR count). The van der Waals surface area contributed by atoms with Crippen molar-refractivity contribution in [2.45, 2.75) is 38.8 Å². The Labute approximate surface area is 77.0 Å². The maximum Gasteiger partial charge on any atom is 0.316 e. The Morgan fingerprint density at radius 1 is 1.00 bits per heavy atom. The van der Waals surface area contributed by atoms with Crippen LogP contribution in [0.15, 0.2) is 0 Å². The Morgan fingerprint density at radius 2 is 1.36 bits per heavy atom. The number of hydrogen-bond acceptors (Lipinski definition) is 2. The quantitative estimate of drug-likeness (QED) is 0.565. The molecule has 0 aliphatic carbocycles. The Balaban J connectivity index is 3.96. The molecule has 2 nitrogen and oxygen atoms in total. The van der Waals surface area contributed by atoms with Crippen LogP contribution in [0.25, 0.3) is 0 Å². The van der Waals surface area contributed by atoms with Gasteiger partial charge in [0.05, 0.1) is 0 Å². The molecule has 0 aliphatic heterocycles. The van der Waals surface area contributed by atoms with E-state index in [1.54, 1.807) is 0 Å². The van der Waals surface area contributed by atoms with Crippen LogP contribution >= 0.6 is 0 Å². The first kappa shape index (κ1) is 11.6. The minimum Gasteiger partial charge on any atom is -0.445 e. The van der Waals surface area contributed by atoms with Crippen molar-refractivity contribution in [2.24, 2.45) is 0 Å². The predicted molar refractivity (Wildman–Crippen MR) is 58.0 cm³/mol. The van der Waals surface area contributed by atoms with Crippen molar-refractivity contribution in [1.82, 2.24) is 0 Å². The van der Waals surface area contributed by atoms with Crippen LogP contribution in [0.3, 0.4) is 0 Å². The molecular weight excluding hydrogens is 188 g/mol. The van der Waals surface area contributed by atoms with Gasteiger partial charge in [0.25, 0.3) is 0 Å². The molecule has 11 heavy (non-hydrogen) atoms. The zero-order valence-electron chi connectivity index (χ0n) is 8.14. The highest BCUT2D eigenvalue weighted by Gasteiger charge is 2.31. The van der Waals surface area contributed by atoms with Crippen molar-refractivity contribution in [3.05, 3.63) is 0 Å². The van der Waals surface area contributed by atoms with Crippen LogP contribution in [0.5, 0.6) is 0 Å². The fourth-order valence-corrected chi connectivity index (χ4v) is 8.58. The van der Waals surface area contributed by atoms with Crippen molar-refractivity contribution in [1.29, 1.82) is 0 Å². The summed E-state index contributed by atoms with van der Waals surface area (Å²) in [5, 5.41) is 0. The maximum absolute atomic E-state index is 5.66. The second-order valence-electron chi connectivity index (χ2n) is 2.82. The van der Waals surface area contributed by atoms with Gasteiger partial charge in [-0.1, -0.05) is 26.7 Å². The van der Waals surface area contributed by atoms with E-state index in [9.17, 15) is 0 Å². The van der Waals surface area contributed by atoms with Crippen molar-refractivity contribution >= 4 is 29.5 Å². The summed E-state index contributed by atoms with van der Waals surface area (Å²) >= 11 is 0. The van der Waals surface area contributed by atoms with Gasteiger partial charge in [0.1, 0.15) is 21.0 Å². The second kappa shape index (κ2) is 6.13. The van der Waals surface area contributed by atoms with E-state index < -0.39 is 8.56 Å². The van der Waals surface area contributed by atoms with E-state index in [2.05, 4.69) is 13.8 Å². The molecule has 0 amide bonds. The molecule has 0 radical (unpaired) electrons. The highest BCUT2D eigenvalue weighted by molar-refractivity contribution is 6.72. The van der Waals surface area contributed by atoms with Crippen LogP contribution in [0.1, 0.15) is 26.7 Å². The highest BCUT2D eigenvalue weighted by atomic mass is 28.4. The molecule has 0 N–H and O–H groups in total. The Morgan fingerprint density at radius 3 is 1.55 bits per heavy atom. The fourth-order valence-electron chi connectivity index (χ4n) is 1.38. The number of hydrogen-bond donors (Lipinski definition) is 0. The van der Waals surface area contributed by atoms with Gasteiger partial charge in [-0.15, -0.1) is 0 Å². The van der Waals surface area contributed by atoms with Crippen LogP contribution in [0.2, 0.25) is 12.1 Å². The summed E-state index contributed by atoms with van der Waals surface area (Å²) in [5.41, 5.74) is 0. The molecule has 0 bridgehead atoms. The summed E-state index contributed by atoms with van der Waals surface area (Å²) in [6.07, 6.45) is 2.41. The van der Waals surface area contributed by atoms with Gasteiger partial charge in [0.2, 0.25) is 0 Å². The monoisotopic (exact) mass is 208 g/mol. The predicted octanol–water partition coefficient (Wildman–Crippen LogP) is -0.157. The lowest BCUT2D eigenvalue weighted by atomic mass is 10.6. The van der Waals surface area contributed by atoms with Crippen LogP contribution in [0, 0.1) is 0 Å². The Hall–Kier alpha value is 0.571. The molecule has 0 atom stereocenters.